The van der Waals surface area contributed by atoms with Crippen molar-refractivity contribution in [3.05, 3.63) is 23.8 Å². The van der Waals surface area contributed by atoms with Gasteiger partial charge in [-0.05, 0) is 30.9 Å². The molecule has 20 heavy (non-hydrogen) atoms. The summed E-state index contributed by atoms with van der Waals surface area (Å²) in [6.45, 7) is 2.20. The van der Waals surface area contributed by atoms with Gasteiger partial charge in [-0.1, -0.05) is 19.8 Å². The van der Waals surface area contributed by atoms with Crippen LogP contribution in [0.5, 0.6) is 11.5 Å². The molecule has 4 nitrogen and oxygen atoms in total. The highest BCUT2D eigenvalue weighted by atomic mass is 16.5. The number of hydrogen-bond acceptors (Lipinski definition) is 3. The third-order valence-corrected chi connectivity index (χ3v) is 4.08. The van der Waals surface area contributed by atoms with E-state index in [-0.39, 0.29) is 11.9 Å². The maximum absolute atomic E-state index is 12.4. The van der Waals surface area contributed by atoms with Crippen LogP contribution in [0, 0.1) is 5.92 Å². The summed E-state index contributed by atoms with van der Waals surface area (Å²) < 4.78 is 10.4. The van der Waals surface area contributed by atoms with Crippen LogP contribution in [0.15, 0.2) is 18.2 Å². The first-order chi connectivity index (χ1) is 9.65. The van der Waals surface area contributed by atoms with Crippen molar-refractivity contribution in [3.8, 4) is 11.5 Å². The van der Waals surface area contributed by atoms with Crippen molar-refractivity contribution in [1.82, 2.24) is 5.32 Å². The Hall–Kier alpha value is -1.71. The Bertz CT molecular complexity index is 473. The molecule has 0 radical (unpaired) electrons. The average molecular weight is 277 g/mol. The molecule has 0 saturated heterocycles. The number of hydrogen-bond donors (Lipinski definition) is 1. The fraction of sp³-hybridized carbons (Fsp3) is 0.562. The molecular formula is C16H23NO3. The number of rotatable bonds is 4. The molecule has 1 N–H and O–H groups in total. The molecule has 2 rings (SSSR count). The highest BCUT2D eigenvalue weighted by Gasteiger charge is 2.24. The summed E-state index contributed by atoms with van der Waals surface area (Å²) >= 11 is 0. The third-order valence-electron chi connectivity index (χ3n) is 4.08. The van der Waals surface area contributed by atoms with Gasteiger partial charge < -0.3 is 14.8 Å². The van der Waals surface area contributed by atoms with Crippen LogP contribution in [0.3, 0.4) is 0 Å². The first-order valence-electron chi connectivity index (χ1n) is 7.18. The van der Waals surface area contributed by atoms with Gasteiger partial charge >= 0.3 is 0 Å². The van der Waals surface area contributed by atoms with Crippen molar-refractivity contribution in [2.75, 3.05) is 14.2 Å². The number of methoxy groups -OCH3 is 2. The Morgan fingerprint density at radius 3 is 2.60 bits per heavy atom. The lowest BCUT2D eigenvalue weighted by atomic mass is 9.86. The molecule has 1 saturated carbocycles. The van der Waals surface area contributed by atoms with Crippen LogP contribution in [-0.2, 0) is 0 Å². The predicted molar refractivity (Wildman–Crippen MR) is 78.4 cm³/mol. The molecule has 1 fully saturated rings. The minimum absolute atomic E-state index is 0.0664. The van der Waals surface area contributed by atoms with Crippen LogP contribution in [0.1, 0.15) is 43.0 Å². The second-order valence-electron chi connectivity index (χ2n) is 5.41. The van der Waals surface area contributed by atoms with Gasteiger partial charge in [0, 0.05) is 12.1 Å². The standard InChI is InChI=1S/C16H23NO3/c1-11-6-4-5-7-14(11)17-16(18)13-9-8-12(19-2)10-15(13)20-3/h8-11,14H,4-7H2,1-3H3,(H,17,18)/t11-,14-/m1/s1. The van der Waals surface area contributed by atoms with Crippen molar-refractivity contribution in [3.63, 3.8) is 0 Å². The van der Waals surface area contributed by atoms with Crippen LogP contribution < -0.4 is 14.8 Å². The third kappa shape index (κ3) is 3.24. The summed E-state index contributed by atoms with van der Waals surface area (Å²) in [4.78, 5) is 12.4. The van der Waals surface area contributed by atoms with Crippen molar-refractivity contribution < 1.29 is 14.3 Å². The zero-order chi connectivity index (χ0) is 14.5. The van der Waals surface area contributed by atoms with Gasteiger partial charge in [0.1, 0.15) is 11.5 Å². The van der Waals surface area contributed by atoms with E-state index in [9.17, 15) is 4.79 Å². The van der Waals surface area contributed by atoms with Crippen LogP contribution in [0.2, 0.25) is 0 Å². The molecule has 0 spiro atoms. The van der Waals surface area contributed by atoms with Crippen molar-refractivity contribution in [2.45, 2.75) is 38.6 Å². The second-order valence-corrected chi connectivity index (χ2v) is 5.41. The molecule has 0 unspecified atom stereocenters. The van der Waals surface area contributed by atoms with E-state index in [1.165, 1.54) is 19.3 Å². The smallest absolute Gasteiger partial charge is 0.255 e. The maximum atomic E-state index is 12.4. The summed E-state index contributed by atoms with van der Waals surface area (Å²) in [7, 11) is 3.16. The second kappa shape index (κ2) is 6.64. The first-order valence-corrected chi connectivity index (χ1v) is 7.18. The quantitative estimate of drug-likeness (QED) is 0.920. The van der Waals surface area contributed by atoms with E-state index in [4.69, 9.17) is 9.47 Å². The molecule has 0 aliphatic heterocycles. The zero-order valence-electron chi connectivity index (χ0n) is 12.4. The molecule has 1 aliphatic carbocycles. The van der Waals surface area contributed by atoms with E-state index in [0.717, 1.165) is 6.42 Å². The average Bonchev–Trinajstić information content (AvgIpc) is 2.48. The normalized spacial score (nSPS) is 22.1. The lowest BCUT2D eigenvalue weighted by molar-refractivity contribution is 0.0907. The molecule has 4 heteroatoms. The molecule has 0 aromatic heterocycles. The van der Waals surface area contributed by atoms with Gasteiger partial charge in [-0.25, -0.2) is 0 Å². The van der Waals surface area contributed by atoms with Crippen LogP contribution in [0.25, 0.3) is 0 Å². The van der Waals surface area contributed by atoms with Gasteiger partial charge in [0.2, 0.25) is 0 Å². The Labute approximate surface area is 120 Å². The largest absolute Gasteiger partial charge is 0.497 e. The van der Waals surface area contributed by atoms with Gasteiger partial charge in [0.25, 0.3) is 5.91 Å². The Balaban J connectivity index is 2.12. The zero-order valence-corrected chi connectivity index (χ0v) is 12.4. The van der Waals surface area contributed by atoms with Crippen molar-refractivity contribution in [2.24, 2.45) is 5.92 Å². The Morgan fingerprint density at radius 1 is 1.20 bits per heavy atom. The van der Waals surface area contributed by atoms with E-state index < -0.39 is 0 Å². The fourth-order valence-electron chi connectivity index (χ4n) is 2.76. The van der Waals surface area contributed by atoms with E-state index in [2.05, 4.69) is 12.2 Å². The summed E-state index contributed by atoms with van der Waals surface area (Å²) in [5.74, 6) is 1.70. The molecule has 1 aromatic rings. The molecule has 1 amide bonds. The molecule has 0 heterocycles. The molecule has 0 bridgehead atoms. The Kier molecular flexibility index (Phi) is 4.88. The number of carbonyl (C=O) groups is 1. The van der Waals surface area contributed by atoms with E-state index >= 15 is 0 Å². The van der Waals surface area contributed by atoms with Gasteiger partial charge in [0.15, 0.2) is 0 Å². The molecular weight excluding hydrogens is 254 g/mol. The van der Waals surface area contributed by atoms with E-state index in [1.807, 2.05) is 0 Å². The predicted octanol–water partition coefficient (Wildman–Crippen LogP) is 3.01. The first kappa shape index (κ1) is 14.7. The van der Waals surface area contributed by atoms with Crippen LogP contribution in [0.4, 0.5) is 0 Å². The van der Waals surface area contributed by atoms with Crippen molar-refractivity contribution >= 4 is 5.91 Å². The minimum atomic E-state index is -0.0664. The molecule has 1 aliphatic rings. The summed E-state index contributed by atoms with van der Waals surface area (Å²) in [5.41, 5.74) is 0.561. The lowest BCUT2D eigenvalue weighted by Crippen LogP contribution is -2.41. The topological polar surface area (TPSA) is 47.6 Å². The van der Waals surface area contributed by atoms with Gasteiger partial charge in [0.05, 0.1) is 19.8 Å². The number of amides is 1. The molecule has 2 atom stereocenters. The summed E-state index contributed by atoms with van der Waals surface area (Å²) in [5, 5.41) is 3.14. The van der Waals surface area contributed by atoms with Gasteiger partial charge in [-0.3, -0.25) is 4.79 Å². The molecule has 110 valence electrons. The lowest BCUT2D eigenvalue weighted by Gasteiger charge is -2.29. The maximum Gasteiger partial charge on any atom is 0.255 e. The Morgan fingerprint density at radius 2 is 1.95 bits per heavy atom. The van der Waals surface area contributed by atoms with E-state index in [1.54, 1.807) is 32.4 Å². The number of carbonyl (C=O) groups excluding carboxylic acids is 1. The number of nitrogens with one attached hydrogen (secondary N) is 1. The van der Waals surface area contributed by atoms with Crippen molar-refractivity contribution in [1.29, 1.82) is 0 Å². The van der Waals surface area contributed by atoms with Gasteiger partial charge in [-0.15, -0.1) is 0 Å². The van der Waals surface area contributed by atoms with Crippen LogP contribution in [-0.4, -0.2) is 26.2 Å². The SMILES string of the molecule is COc1ccc(C(=O)N[C@@H]2CCCC[C@H]2C)c(OC)c1. The number of benzene rings is 1. The van der Waals surface area contributed by atoms with Gasteiger partial charge in [-0.2, -0.15) is 0 Å². The fourth-order valence-corrected chi connectivity index (χ4v) is 2.76. The van der Waals surface area contributed by atoms with Crippen LogP contribution >= 0.6 is 0 Å². The summed E-state index contributed by atoms with van der Waals surface area (Å²) in [6.07, 6.45) is 4.70. The number of ether oxygens (including phenoxy) is 2. The minimum Gasteiger partial charge on any atom is -0.497 e. The highest BCUT2D eigenvalue weighted by molar-refractivity contribution is 5.97. The molecule has 1 aromatic carbocycles. The summed E-state index contributed by atoms with van der Waals surface area (Å²) in [6, 6.07) is 5.53. The highest BCUT2D eigenvalue weighted by Crippen LogP contribution is 2.27. The van der Waals surface area contributed by atoms with E-state index in [0.29, 0.717) is 23.0 Å². The monoisotopic (exact) mass is 277 g/mol.